The fourth-order valence-corrected chi connectivity index (χ4v) is 4.25. The van der Waals surface area contributed by atoms with E-state index in [9.17, 15) is 0 Å². The molecule has 0 saturated heterocycles. The van der Waals surface area contributed by atoms with E-state index in [0.29, 0.717) is 0 Å². The summed E-state index contributed by atoms with van der Waals surface area (Å²) in [4.78, 5) is 8.27. The lowest BCUT2D eigenvalue weighted by Crippen LogP contribution is -2.11. The highest BCUT2D eigenvalue weighted by molar-refractivity contribution is 5.87. The van der Waals surface area contributed by atoms with E-state index in [-0.39, 0.29) is 6.17 Å². The van der Waals surface area contributed by atoms with E-state index < -0.39 is 0 Å². The maximum atomic E-state index is 4.78. The maximum absolute atomic E-state index is 4.78. The molecule has 1 aliphatic heterocycles. The number of hydrogen-bond donors (Lipinski definition) is 3. The van der Waals surface area contributed by atoms with E-state index in [2.05, 4.69) is 107 Å². The summed E-state index contributed by atoms with van der Waals surface area (Å²) in [6.07, 6.45) is 0.0958. The number of aryl methyl sites for hydroxylation is 1. The van der Waals surface area contributed by atoms with Gasteiger partial charge in [0.05, 0.1) is 22.4 Å². The van der Waals surface area contributed by atoms with Crippen LogP contribution in [0.2, 0.25) is 0 Å². The van der Waals surface area contributed by atoms with Crippen molar-refractivity contribution in [1.82, 2.24) is 9.97 Å². The van der Waals surface area contributed by atoms with Crippen molar-refractivity contribution in [1.29, 1.82) is 0 Å². The van der Waals surface area contributed by atoms with Crippen LogP contribution in [0.1, 0.15) is 17.3 Å². The van der Waals surface area contributed by atoms with E-state index in [1.54, 1.807) is 0 Å². The number of rotatable bonds is 3. The highest BCUT2D eigenvalue weighted by Gasteiger charge is 2.21. The number of imidazole rings is 1. The molecule has 0 amide bonds. The summed E-state index contributed by atoms with van der Waals surface area (Å²) < 4.78 is 0. The second-order valence-corrected chi connectivity index (χ2v) is 8.08. The molecule has 0 bridgehead atoms. The van der Waals surface area contributed by atoms with Gasteiger partial charge in [0.15, 0.2) is 0 Å². The van der Waals surface area contributed by atoms with Crippen LogP contribution < -0.4 is 10.6 Å². The molecule has 0 radical (unpaired) electrons. The molecule has 0 aliphatic carbocycles. The first-order valence-electron chi connectivity index (χ1n) is 10.5. The Labute approximate surface area is 181 Å². The van der Waals surface area contributed by atoms with Gasteiger partial charge >= 0.3 is 0 Å². The van der Waals surface area contributed by atoms with Crippen LogP contribution in [0, 0.1) is 6.92 Å². The third-order valence-corrected chi connectivity index (χ3v) is 5.86. The fraction of sp³-hybridized carbons (Fsp3) is 0.0741. The van der Waals surface area contributed by atoms with Gasteiger partial charge in [0, 0.05) is 5.56 Å². The highest BCUT2D eigenvalue weighted by Crippen LogP contribution is 2.38. The number of fused-ring (bicyclic) bond motifs is 2. The van der Waals surface area contributed by atoms with Crippen LogP contribution in [-0.2, 0) is 0 Å². The quantitative estimate of drug-likeness (QED) is 0.313. The Balaban J connectivity index is 1.32. The van der Waals surface area contributed by atoms with Crippen molar-refractivity contribution in [3.63, 3.8) is 0 Å². The van der Waals surface area contributed by atoms with Gasteiger partial charge in [-0.3, -0.25) is 0 Å². The molecule has 31 heavy (non-hydrogen) atoms. The number of aromatic amines is 1. The van der Waals surface area contributed by atoms with E-state index in [1.165, 1.54) is 22.3 Å². The Morgan fingerprint density at radius 1 is 0.677 bits per heavy atom. The Morgan fingerprint density at radius 3 is 2.35 bits per heavy atom. The average molecular weight is 403 g/mol. The van der Waals surface area contributed by atoms with Gasteiger partial charge in [-0.1, -0.05) is 66.2 Å². The fourth-order valence-electron chi connectivity index (χ4n) is 4.25. The molecule has 3 N–H and O–H groups in total. The number of aromatic nitrogens is 2. The lowest BCUT2D eigenvalue weighted by molar-refractivity contribution is 0.941. The zero-order valence-electron chi connectivity index (χ0n) is 17.2. The molecule has 5 aromatic rings. The third kappa shape index (κ3) is 3.22. The predicted molar refractivity (Wildman–Crippen MR) is 128 cm³/mol. The number of nitrogens with one attached hydrogen (secondary N) is 3. The van der Waals surface area contributed by atoms with Gasteiger partial charge in [-0.15, -0.1) is 0 Å². The SMILES string of the molecule is Cc1cccc(-c2nc3ccc(-c4ccc5c(c4)NC(c4ccccc4)N5)cc3[nH]2)c1. The topological polar surface area (TPSA) is 52.7 Å². The van der Waals surface area contributed by atoms with Gasteiger partial charge in [-0.05, 0) is 53.9 Å². The van der Waals surface area contributed by atoms with Crippen molar-refractivity contribution in [2.45, 2.75) is 13.1 Å². The molecular formula is C27H22N4. The van der Waals surface area contributed by atoms with Crippen molar-refractivity contribution >= 4 is 22.4 Å². The van der Waals surface area contributed by atoms with Crippen LogP contribution in [-0.4, -0.2) is 9.97 Å². The van der Waals surface area contributed by atoms with E-state index in [1.807, 2.05) is 6.07 Å². The molecule has 1 unspecified atom stereocenters. The average Bonchev–Trinajstić information content (AvgIpc) is 3.43. The standard InChI is InChI=1S/C27H22N4/c1-17-6-5-9-21(14-17)27-29-23-13-11-20(16-25(23)31-27)19-10-12-22-24(15-19)30-26(28-22)18-7-3-2-4-8-18/h2-16,26,28,30H,1H3,(H,29,31). The Bertz CT molecular complexity index is 1400. The molecule has 4 nitrogen and oxygen atoms in total. The zero-order chi connectivity index (χ0) is 20.8. The lowest BCUT2D eigenvalue weighted by atomic mass is 10.0. The molecule has 4 heteroatoms. The normalized spacial score (nSPS) is 14.8. The molecule has 6 rings (SSSR count). The Kier molecular flexibility index (Phi) is 4.03. The van der Waals surface area contributed by atoms with Crippen molar-refractivity contribution in [3.8, 4) is 22.5 Å². The highest BCUT2D eigenvalue weighted by atomic mass is 15.2. The van der Waals surface area contributed by atoms with Crippen molar-refractivity contribution in [2.24, 2.45) is 0 Å². The summed E-state index contributed by atoms with van der Waals surface area (Å²) >= 11 is 0. The molecule has 150 valence electrons. The second kappa shape index (κ2) is 7.03. The van der Waals surface area contributed by atoms with Crippen LogP contribution in [0.15, 0.2) is 91.0 Å². The van der Waals surface area contributed by atoms with E-state index in [4.69, 9.17) is 4.98 Å². The summed E-state index contributed by atoms with van der Waals surface area (Å²) in [7, 11) is 0. The molecule has 1 aromatic heterocycles. The summed E-state index contributed by atoms with van der Waals surface area (Å²) in [5.41, 5.74) is 10.2. The molecular weight excluding hydrogens is 380 g/mol. The number of benzene rings is 4. The maximum Gasteiger partial charge on any atom is 0.138 e. The first kappa shape index (κ1) is 17.8. The molecule has 4 aromatic carbocycles. The summed E-state index contributed by atoms with van der Waals surface area (Å²) in [6, 6.07) is 31.8. The zero-order valence-corrected chi connectivity index (χ0v) is 17.2. The molecule has 2 heterocycles. The predicted octanol–water partition coefficient (Wildman–Crippen LogP) is 6.74. The summed E-state index contributed by atoms with van der Waals surface area (Å²) in [5.74, 6) is 0.904. The number of anilines is 2. The minimum atomic E-state index is 0.0958. The summed E-state index contributed by atoms with van der Waals surface area (Å²) in [6.45, 7) is 2.10. The van der Waals surface area contributed by atoms with Crippen LogP contribution in [0.3, 0.4) is 0 Å². The second-order valence-electron chi connectivity index (χ2n) is 8.08. The van der Waals surface area contributed by atoms with Crippen LogP contribution >= 0.6 is 0 Å². The largest absolute Gasteiger partial charge is 0.360 e. The lowest BCUT2D eigenvalue weighted by Gasteiger charge is -2.12. The van der Waals surface area contributed by atoms with Crippen LogP contribution in [0.5, 0.6) is 0 Å². The minimum absolute atomic E-state index is 0.0958. The van der Waals surface area contributed by atoms with Crippen molar-refractivity contribution in [2.75, 3.05) is 10.6 Å². The monoisotopic (exact) mass is 402 g/mol. The Morgan fingerprint density at radius 2 is 1.48 bits per heavy atom. The number of hydrogen-bond acceptors (Lipinski definition) is 3. The van der Waals surface area contributed by atoms with Gasteiger partial charge < -0.3 is 15.6 Å². The van der Waals surface area contributed by atoms with Crippen molar-refractivity contribution < 1.29 is 0 Å². The molecule has 1 aliphatic rings. The molecule has 0 spiro atoms. The Hall–Kier alpha value is -4.05. The van der Waals surface area contributed by atoms with Gasteiger partial charge in [0.25, 0.3) is 0 Å². The van der Waals surface area contributed by atoms with Gasteiger partial charge in [0.2, 0.25) is 0 Å². The number of nitrogens with zero attached hydrogens (tertiary/aromatic N) is 1. The summed E-state index contributed by atoms with van der Waals surface area (Å²) in [5, 5.41) is 7.16. The minimum Gasteiger partial charge on any atom is -0.360 e. The van der Waals surface area contributed by atoms with E-state index >= 15 is 0 Å². The molecule has 1 atom stereocenters. The van der Waals surface area contributed by atoms with Gasteiger partial charge in [0.1, 0.15) is 12.0 Å². The molecule has 0 fully saturated rings. The smallest absolute Gasteiger partial charge is 0.138 e. The molecule has 0 saturated carbocycles. The van der Waals surface area contributed by atoms with Crippen LogP contribution in [0.4, 0.5) is 11.4 Å². The first-order valence-corrected chi connectivity index (χ1v) is 10.5. The first-order chi connectivity index (χ1) is 15.2. The number of H-pyrrole nitrogens is 1. The van der Waals surface area contributed by atoms with Gasteiger partial charge in [-0.25, -0.2) is 4.98 Å². The third-order valence-electron chi connectivity index (χ3n) is 5.86. The van der Waals surface area contributed by atoms with Gasteiger partial charge in [-0.2, -0.15) is 0 Å². The van der Waals surface area contributed by atoms with E-state index in [0.717, 1.165) is 33.8 Å². The van der Waals surface area contributed by atoms with Crippen molar-refractivity contribution in [3.05, 3.63) is 102 Å². The van der Waals surface area contributed by atoms with Crippen LogP contribution in [0.25, 0.3) is 33.5 Å².